The van der Waals surface area contributed by atoms with Crippen molar-refractivity contribution in [3.05, 3.63) is 30.1 Å². The van der Waals surface area contributed by atoms with Crippen LogP contribution in [-0.2, 0) is 27.3 Å². The number of imide groups is 1. The van der Waals surface area contributed by atoms with E-state index in [1.165, 1.54) is 6.92 Å². The smallest absolute Gasteiger partial charge is 0.326 e. The number of imidazole rings is 1. The maximum atomic E-state index is 12.3. The Labute approximate surface area is 150 Å². The van der Waals surface area contributed by atoms with Crippen molar-refractivity contribution in [2.45, 2.75) is 51.8 Å². The van der Waals surface area contributed by atoms with E-state index >= 15 is 0 Å². The number of nitrogens with one attached hydrogen (secondary N) is 2. The molecule has 0 aliphatic heterocycles. The van der Waals surface area contributed by atoms with E-state index in [2.05, 4.69) is 15.6 Å². The van der Waals surface area contributed by atoms with Gasteiger partial charge in [-0.05, 0) is 31.9 Å². The summed E-state index contributed by atoms with van der Waals surface area (Å²) in [6.07, 6.45) is 1.45. The lowest BCUT2D eigenvalue weighted by Crippen LogP contribution is -2.45. The molecule has 0 saturated heterocycles. The SMILES string of the molecule is CCc1nc2ccccc2n1CC(=O)OC(C)C(=O)NC(=O)NC1CC1. The molecule has 1 heterocycles. The minimum atomic E-state index is -1.06. The van der Waals surface area contributed by atoms with Crippen LogP contribution in [0.4, 0.5) is 4.79 Å². The highest BCUT2D eigenvalue weighted by molar-refractivity contribution is 5.97. The first-order chi connectivity index (χ1) is 12.5. The van der Waals surface area contributed by atoms with E-state index in [4.69, 9.17) is 4.74 Å². The van der Waals surface area contributed by atoms with E-state index in [1.807, 2.05) is 31.2 Å². The number of hydrogen-bond donors (Lipinski definition) is 2. The fourth-order valence-electron chi connectivity index (χ4n) is 2.65. The number of fused-ring (bicyclic) bond motifs is 1. The number of urea groups is 1. The molecule has 26 heavy (non-hydrogen) atoms. The highest BCUT2D eigenvalue weighted by Gasteiger charge is 2.26. The monoisotopic (exact) mass is 358 g/mol. The zero-order valence-corrected chi connectivity index (χ0v) is 14.8. The van der Waals surface area contributed by atoms with Gasteiger partial charge >= 0.3 is 12.0 Å². The molecule has 1 aromatic heterocycles. The zero-order valence-electron chi connectivity index (χ0n) is 14.8. The van der Waals surface area contributed by atoms with Gasteiger partial charge in [0.2, 0.25) is 0 Å². The topological polar surface area (TPSA) is 102 Å². The average Bonchev–Trinajstić information content (AvgIpc) is 3.35. The van der Waals surface area contributed by atoms with Gasteiger partial charge in [-0.1, -0.05) is 19.1 Å². The van der Waals surface area contributed by atoms with Gasteiger partial charge in [0.05, 0.1) is 11.0 Å². The first-order valence-corrected chi connectivity index (χ1v) is 8.73. The van der Waals surface area contributed by atoms with Crippen molar-refractivity contribution < 1.29 is 19.1 Å². The molecule has 1 aromatic carbocycles. The van der Waals surface area contributed by atoms with Crippen LogP contribution in [-0.4, -0.2) is 39.6 Å². The third-order valence-electron chi connectivity index (χ3n) is 4.16. The van der Waals surface area contributed by atoms with Crippen LogP contribution < -0.4 is 10.6 Å². The van der Waals surface area contributed by atoms with E-state index in [-0.39, 0.29) is 12.6 Å². The minimum absolute atomic E-state index is 0.0461. The molecule has 0 spiro atoms. The number of nitrogens with zero attached hydrogens (tertiary/aromatic N) is 2. The normalized spacial score (nSPS) is 14.7. The number of esters is 1. The van der Waals surface area contributed by atoms with Crippen molar-refractivity contribution in [2.75, 3.05) is 0 Å². The molecule has 1 aliphatic carbocycles. The van der Waals surface area contributed by atoms with Crippen LogP contribution in [0, 0.1) is 0 Å². The molecule has 1 aliphatic rings. The molecule has 0 radical (unpaired) electrons. The van der Waals surface area contributed by atoms with Gasteiger partial charge in [-0.3, -0.25) is 14.9 Å². The predicted molar refractivity (Wildman–Crippen MR) is 94.4 cm³/mol. The van der Waals surface area contributed by atoms with Crippen molar-refractivity contribution in [3.63, 3.8) is 0 Å². The summed E-state index contributed by atoms with van der Waals surface area (Å²) in [7, 11) is 0. The van der Waals surface area contributed by atoms with Crippen LogP contribution >= 0.6 is 0 Å². The summed E-state index contributed by atoms with van der Waals surface area (Å²) in [5, 5.41) is 4.82. The van der Waals surface area contributed by atoms with Gasteiger partial charge in [0.25, 0.3) is 5.91 Å². The molecule has 1 unspecified atom stereocenters. The summed E-state index contributed by atoms with van der Waals surface area (Å²) in [6.45, 7) is 3.34. The Morgan fingerprint density at radius 1 is 1.31 bits per heavy atom. The first-order valence-electron chi connectivity index (χ1n) is 8.73. The summed E-state index contributed by atoms with van der Waals surface area (Å²) in [4.78, 5) is 40.3. The summed E-state index contributed by atoms with van der Waals surface area (Å²) < 4.78 is 6.96. The van der Waals surface area contributed by atoms with Gasteiger partial charge in [0, 0.05) is 12.5 Å². The number of aryl methyl sites for hydroxylation is 1. The van der Waals surface area contributed by atoms with Gasteiger partial charge in [-0.15, -0.1) is 0 Å². The summed E-state index contributed by atoms with van der Waals surface area (Å²) in [5.74, 6) is -0.445. The molecule has 1 saturated carbocycles. The second kappa shape index (κ2) is 7.55. The molecule has 8 nitrogen and oxygen atoms in total. The van der Waals surface area contributed by atoms with Crippen LogP contribution in [0.3, 0.4) is 0 Å². The third-order valence-corrected chi connectivity index (χ3v) is 4.16. The van der Waals surface area contributed by atoms with E-state index in [1.54, 1.807) is 4.57 Å². The zero-order chi connectivity index (χ0) is 18.7. The maximum Gasteiger partial charge on any atom is 0.326 e. The number of aromatic nitrogens is 2. The molecule has 0 bridgehead atoms. The van der Waals surface area contributed by atoms with Crippen LogP contribution in [0.2, 0.25) is 0 Å². The molecular weight excluding hydrogens is 336 g/mol. The van der Waals surface area contributed by atoms with Gasteiger partial charge < -0.3 is 14.6 Å². The third kappa shape index (κ3) is 4.19. The van der Waals surface area contributed by atoms with Gasteiger partial charge in [0.1, 0.15) is 12.4 Å². The number of rotatable bonds is 6. The van der Waals surface area contributed by atoms with Gasteiger partial charge in [0.15, 0.2) is 6.10 Å². The van der Waals surface area contributed by atoms with Crippen LogP contribution in [0.15, 0.2) is 24.3 Å². The van der Waals surface area contributed by atoms with Crippen molar-refractivity contribution in [1.29, 1.82) is 0 Å². The van der Waals surface area contributed by atoms with Crippen molar-refractivity contribution in [3.8, 4) is 0 Å². The molecule has 2 N–H and O–H groups in total. The first kappa shape index (κ1) is 17.9. The van der Waals surface area contributed by atoms with Gasteiger partial charge in [-0.2, -0.15) is 0 Å². The highest BCUT2D eigenvalue weighted by Crippen LogP contribution is 2.18. The lowest BCUT2D eigenvalue weighted by atomic mass is 10.3. The summed E-state index contributed by atoms with van der Waals surface area (Å²) >= 11 is 0. The molecule has 3 amide bonds. The highest BCUT2D eigenvalue weighted by atomic mass is 16.5. The van der Waals surface area contributed by atoms with E-state index in [0.29, 0.717) is 6.42 Å². The fourth-order valence-corrected chi connectivity index (χ4v) is 2.65. The molecular formula is C18H22N4O4. The molecule has 2 aromatic rings. The van der Waals surface area contributed by atoms with Crippen molar-refractivity contribution in [1.82, 2.24) is 20.2 Å². The Morgan fingerprint density at radius 2 is 2.04 bits per heavy atom. The molecule has 1 fully saturated rings. The van der Waals surface area contributed by atoms with Gasteiger partial charge in [-0.25, -0.2) is 9.78 Å². The number of carbonyl (C=O) groups excluding carboxylic acids is 3. The Hall–Kier alpha value is -2.90. The predicted octanol–water partition coefficient (Wildman–Crippen LogP) is 1.52. The number of para-hydroxylation sites is 2. The summed E-state index contributed by atoms with van der Waals surface area (Å²) in [5.41, 5.74) is 1.64. The molecule has 3 rings (SSSR count). The lowest BCUT2D eigenvalue weighted by molar-refractivity contribution is -0.155. The van der Waals surface area contributed by atoms with Crippen LogP contribution in [0.25, 0.3) is 11.0 Å². The lowest BCUT2D eigenvalue weighted by Gasteiger charge is -2.14. The largest absolute Gasteiger partial charge is 0.451 e. The second-order valence-electron chi connectivity index (χ2n) is 6.33. The minimum Gasteiger partial charge on any atom is -0.451 e. The van der Waals surface area contributed by atoms with E-state index < -0.39 is 24.0 Å². The number of ether oxygens (including phenoxy) is 1. The average molecular weight is 358 g/mol. The fraction of sp³-hybridized carbons (Fsp3) is 0.444. The Morgan fingerprint density at radius 3 is 2.73 bits per heavy atom. The van der Waals surface area contributed by atoms with E-state index in [9.17, 15) is 14.4 Å². The summed E-state index contributed by atoms with van der Waals surface area (Å²) in [6, 6.07) is 7.10. The van der Waals surface area contributed by atoms with Crippen molar-refractivity contribution >= 4 is 28.9 Å². The number of carbonyl (C=O) groups is 3. The van der Waals surface area contributed by atoms with Crippen LogP contribution in [0.1, 0.15) is 32.5 Å². The molecule has 138 valence electrons. The quantitative estimate of drug-likeness (QED) is 0.762. The molecule has 8 heteroatoms. The van der Waals surface area contributed by atoms with E-state index in [0.717, 1.165) is 29.7 Å². The Kier molecular flexibility index (Phi) is 5.20. The van der Waals surface area contributed by atoms with Crippen molar-refractivity contribution in [2.24, 2.45) is 0 Å². The Bertz CT molecular complexity index is 841. The Balaban J connectivity index is 1.59. The van der Waals surface area contributed by atoms with Crippen LogP contribution in [0.5, 0.6) is 0 Å². The second-order valence-corrected chi connectivity index (χ2v) is 6.33. The number of amides is 3. The standard InChI is InChI=1S/C18H22N4O4/c1-3-15-20-13-6-4-5-7-14(13)22(15)10-16(23)26-11(2)17(24)21-18(25)19-12-8-9-12/h4-7,11-12H,3,8-10H2,1-2H3,(H2,19,21,24,25). The molecule has 1 atom stereocenters. The number of hydrogen-bond acceptors (Lipinski definition) is 5. The number of benzene rings is 1. The maximum absolute atomic E-state index is 12.3.